The number of rotatable bonds is 4. The van der Waals surface area contributed by atoms with Crippen molar-refractivity contribution in [3.8, 4) is 0 Å². The molecule has 0 aromatic carbocycles. The summed E-state index contributed by atoms with van der Waals surface area (Å²) in [7, 11) is 4.05. The number of halogens is 1. The molecule has 0 saturated carbocycles. The highest BCUT2D eigenvalue weighted by molar-refractivity contribution is 6.31. The van der Waals surface area contributed by atoms with Gasteiger partial charge in [-0.1, -0.05) is 11.6 Å². The zero-order chi connectivity index (χ0) is 10.7. The van der Waals surface area contributed by atoms with E-state index in [9.17, 15) is 0 Å². The fourth-order valence-corrected chi connectivity index (χ4v) is 1.61. The first-order chi connectivity index (χ1) is 6.52. The van der Waals surface area contributed by atoms with Crippen LogP contribution in [0.1, 0.15) is 18.7 Å². The van der Waals surface area contributed by atoms with Crippen molar-refractivity contribution < 1.29 is 0 Å². The fraction of sp³-hybridized carbons (Fsp3) is 0.667. The molecule has 1 atom stereocenters. The van der Waals surface area contributed by atoms with Crippen molar-refractivity contribution in [2.24, 2.45) is 5.73 Å². The Morgan fingerprint density at radius 3 is 2.79 bits per heavy atom. The summed E-state index contributed by atoms with van der Waals surface area (Å²) in [4.78, 5) is 2.10. The molecule has 1 aromatic rings. The van der Waals surface area contributed by atoms with Gasteiger partial charge in [0.25, 0.3) is 0 Å². The van der Waals surface area contributed by atoms with Crippen LogP contribution >= 0.6 is 11.6 Å². The zero-order valence-electron chi connectivity index (χ0n) is 8.87. The van der Waals surface area contributed by atoms with Gasteiger partial charge in [-0.15, -0.1) is 0 Å². The fourth-order valence-electron chi connectivity index (χ4n) is 1.30. The molecule has 14 heavy (non-hydrogen) atoms. The lowest BCUT2D eigenvalue weighted by atomic mass is 10.2. The molecule has 0 bridgehead atoms. The Morgan fingerprint density at radius 1 is 1.64 bits per heavy atom. The Hall–Kier alpha value is -0.580. The van der Waals surface area contributed by atoms with Gasteiger partial charge < -0.3 is 10.6 Å². The number of nitrogens with two attached hydrogens (primary N) is 1. The first-order valence-electron chi connectivity index (χ1n) is 4.64. The molecule has 1 aromatic heterocycles. The minimum atomic E-state index is -0.0767. The highest BCUT2D eigenvalue weighted by Crippen LogP contribution is 2.20. The highest BCUT2D eigenvalue weighted by Gasteiger charge is 2.12. The number of aromatic nitrogens is 2. The molecule has 2 N–H and O–H groups in total. The van der Waals surface area contributed by atoms with Crippen LogP contribution in [0.4, 0.5) is 0 Å². The lowest BCUT2D eigenvalue weighted by Crippen LogP contribution is -2.22. The SMILES string of the molecule is CC(N)c1c(Cl)cnn1CCN(C)C. The summed E-state index contributed by atoms with van der Waals surface area (Å²) in [6, 6.07) is -0.0767. The van der Waals surface area contributed by atoms with Crippen molar-refractivity contribution in [2.75, 3.05) is 20.6 Å². The third-order valence-electron chi connectivity index (χ3n) is 2.02. The average Bonchev–Trinajstić information content (AvgIpc) is 2.43. The predicted octanol–water partition coefficient (Wildman–Crippen LogP) is 1.12. The summed E-state index contributed by atoms with van der Waals surface area (Å²) in [5.41, 5.74) is 6.72. The molecule has 1 heterocycles. The van der Waals surface area contributed by atoms with E-state index in [1.807, 2.05) is 25.7 Å². The summed E-state index contributed by atoms with van der Waals surface area (Å²) in [6.45, 7) is 3.66. The van der Waals surface area contributed by atoms with E-state index in [1.165, 1.54) is 0 Å². The van der Waals surface area contributed by atoms with Crippen molar-refractivity contribution >= 4 is 11.6 Å². The topological polar surface area (TPSA) is 47.1 Å². The summed E-state index contributed by atoms with van der Waals surface area (Å²) in [6.07, 6.45) is 1.65. The smallest absolute Gasteiger partial charge is 0.0833 e. The maximum atomic E-state index is 5.98. The third kappa shape index (κ3) is 2.70. The van der Waals surface area contributed by atoms with Gasteiger partial charge in [0.1, 0.15) is 0 Å². The molecule has 0 saturated heterocycles. The van der Waals surface area contributed by atoms with Gasteiger partial charge in [0, 0.05) is 12.6 Å². The van der Waals surface area contributed by atoms with Gasteiger partial charge in [0.05, 0.1) is 23.5 Å². The molecule has 4 nitrogen and oxygen atoms in total. The van der Waals surface area contributed by atoms with Crippen LogP contribution in [-0.4, -0.2) is 35.3 Å². The van der Waals surface area contributed by atoms with Crippen LogP contribution in [0.15, 0.2) is 6.20 Å². The summed E-state index contributed by atoms with van der Waals surface area (Å²) in [5, 5.41) is 4.84. The van der Waals surface area contributed by atoms with Gasteiger partial charge in [0.2, 0.25) is 0 Å². The lowest BCUT2D eigenvalue weighted by Gasteiger charge is -2.13. The van der Waals surface area contributed by atoms with Crippen molar-refractivity contribution in [1.82, 2.24) is 14.7 Å². The number of nitrogens with zero attached hydrogens (tertiary/aromatic N) is 3. The number of likely N-dealkylation sites (N-methyl/N-ethyl adjacent to an activating group) is 1. The minimum absolute atomic E-state index is 0.0767. The molecule has 0 aliphatic carbocycles. The van der Waals surface area contributed by atoms with E-state index >= 15 is 0 Å². The van der Waals surface area contributed by atoms with Crippen LogP contribution in [0.3, 0.4) is 0 Å². The Kier molecular flexibility index (Phi) is 3.92. The van der Waals surface area contributed by atoms with Gasteiger partial charge in [-0.05, 0) is 21.0 Å². The number of hydrogen-bond donors (Lipinski definition) is 1. The van der Waals surface area contributed by atoms with Gasteiger partial charge >= 0.3 is 0 Å². The van der Waals surface area contributed by atoms with Crippen LogP contribution in [-0.2, 0) is 6.54 Å². The first-order valence-corrected chi connectivity index (χ1v) is 5.01. The maximum absolute atomic E-state index is 5.98. The normalized spacial score (nSPS) is 13.6. The minimum Gasteiger partial charge on any atom is -0.323 e. The molecule has 80 valence electrons. The van der Waals surface area contributed by atoms with E-state index in [0.29, 0.717) is 5.02 Å². The number of hydrogen-bond acceptors (Lipinski definition) is 3. The molecule has 0 fully saturated rings. The highest BCUT2D eigenvalue weighted by atomic mass is 35.5. The first kappa shape index (κ1) is 11.5. The van der Waals surface area contributed by atoms with Crippen molar-refractivity contribution in [2.45, 2.75) is 19.5 Å². The monoisotopic (exact) mass is 216 g/mol. The van der Waals surface area contributed by atoms with Crippen LogP contribution < -0.4 is 5.73 Å². The van der Waals surface area contributed by atoms with Gasteiger partial charge in [-0.3, -0.25) is 4.68 Å². The second kappa shape index (κ2) is 4.77. The van der Waals surface area contributed by atoms with E-state index in [-0.39, 0.29) is 6.04 Å². The predicted molar refractivity (Wildman–Crippen MR) is 58.4 cm³/mol. The lowest BCUT2D eigenvalue weighted by molar-refractivity contribution is 0.367. The Balaban J connectivity index is 2.76. The quantitative estimate of drug-likeness (QED) is 0.821. The molecule has 1 rings (SSSR count). The van der Waals surface area contributed by atoms with Crippen LogP contribution in [0.25, 0.3) is 0 Å². The third-order valence-corrected chi connectivity index (χ3v) is 2.31. The van der Waals surface area contributed by atoms with E-state index in [0.717, 1.165) is 18.8 Å². The summed E-state index contributed by atoms with van der Waals surface area (Å²) >= 11 is 5.98. The summed E-state index contributed by atoms with van der Waals surface area (Å²) in [5.74, 6) is 0. The molecule has 0 amide bonds. The van der Waals surface area contributed by atoms with Crippen molar-refractivity contribution in [3.63, 3.8) is 0 Å². The van der Waals surface area contributed by atoms with E-state index < -0.39 is 0 Å². The Labute approximate surface area is 89.6 Å². The molecule has 0 spiro atoms. The van der Waals surface area contributed by atoms with E-state index in [4.69, 9.17) is 17.3 Å². The maximum Gasteiger partial charge on any atom is 0.0833 e. The molecule has 1 unspecified atom stereocenters. The van der Waals surface area contributed by atoms with Crippen LogP contribution in [0, 0.1) is 0 Å². The molecule has 0 radical (unpaired) electrons. The molecule has 0 aliphatic rings. The van der Waals surface area contributed by atoms with Crippen molar-refractivity contribution in [1.29, 1.82) is 0 Å². The standard InChI is InChI=1S/C9H17ClN4/c1-7(11)9-8(10)6-12-14(9)5-4-13(2)3/h6-7H,4-5,11H2,1-3H3. The van der Waals surface area contributed by atoms with E-state index in [2.05, 4.69) is 10.00 Å². The second-order valence-electron chi connectivity index (χ2n) is 3.69. The van der Waals surface area contributed by atoms with Gasteiger partial charge in [0.15, 0.2) is 0 Å². The summed E-state index contributed by atoms with van der Waals surface area (Å²) < 4.78 is 1.87. The second-order valence-corrected chi connectivity index (χ2v) is 4.10. The van der Waals surface area contributed by atoms with Crippen LogP contribution in [0.2, 0.25) is 5.02 Å². The molecule has 5 heteroatoms. The average molecular weight is 217 g/mol. The Bertz CT molecular complexity index is 293. The Morgan fingerprint density at radius 2 is 2.29 bits per heavy atom. The van der Waals surface area contributed by atoms with Crippen molar-refractivity contribution in [3.05, 3.63) is 16.9 Å². The van der Waals surface area contributed by atoms with Gasteiger partial charge in [-0.25, -0.2) is 0 Å². The molecule has 0 aliphatic heterocycles. The van der Waals surface area contributed by atoms with Gasteiger partial charge in [-0.2, -0.15) is 5.10 Å². The van der Waals surface area contributed by atoms with Crippen LogP contribution in [0.5, 0.6) is 0 Å². The molecular formula is C9H17ClN4. The molecular weight excluding hydrogens is 200 g/mol. The van der Waals surface area contributed by atoms with E-state index in [1.54, 1.807) is 6.20 Å². The zero-order valence-corrected chi connectivity index (χ0v) is 9.62. The largest absolute Gasteiger partial charge is 0.323 e.